The zero-order valence-electron chi connectivity index (χ0n) is 15.2. The minimum absolute atomic E-state index is 0. The quantitative estimate of drug-likeness (QED) is 0.281. The van der Waals surface area contributed by atoms with Crippen LogP contribution < -0.4 is 15.4 Å². The van der Waals surface area contributed by atoms with E-state index < -0.39 is 10.0 Å². The van der Waals surface area contributed by atoms with Gasteiger partial charge in [-0.15, -0.1) is 24.0 Å². The second-order valence-electron chi connectivity index (χ2n) is 5.48. The Balaban J connectivity index is 0.00000576. The van der Waals surface area contributed by atoms with Gasteiger partial charge >= 0.3 is 0 Å². The van der Waals surface area contributed by atoms with Crippen molar-refractivity contribution in [1.29, 1.82) is 0 Å². The summed E-state index contributed by atoms with van der Waals surface area (Å²) in [5.41, 5.74) is 1.69. The van der Waals surface area contributed by atoms with Crippen molar-refractivity contribution in [3.05, 3.63) is 35.4 Å². The molecule has 0 aliphatic rings. The standard InChI is InChI=1S/C16H28N4O3S.HI/c1-5-18-16(20-13(2)11-23-4)19-10-14-7-6-8-15(9-14)12-24(21,22)17-3;/h6-9,13,17H,5,10-12H2,1-4H3,(H2,18,19,20);1H. The van der Waals surface area contributed by atoms with Gasteiger partial charge in [0, 0.05) is 19.7 Å². The molecule has 0 radical (unpaired) electrons. The first kappa shape index (κ1) is 24.1. The van der Waals surface area contributed by atoms with Gasteiger partial charge < -0.3 is 15.4 Å². The predicted molar refractivity (Wildman–Crippen MR) is 113 cm³/mol. The smallest absolute Gasteiger partial charge is 0.215 e. The van der Waals surface area contributed by atoms with Crippen LogP contribution in [-0.2, 0) is 27.1 Å². The molecule has 0 amide bonds. The highest BCUT2D eigenvalue weighted by Crippen LogP contribution is 2.09. The molecule has 0 fully saturated rings. The largest absolute Gasteiger partial charge is 0.383 e. The third kappa shape index (κ3) is 9.97. The number of nitrogens with zero attached hydrogens (tertiary/aromatic N) is 1. The molecule has 1 rings (SSSR count). The summed E-state index contributed by atoms with van der Waals surface area (Å²) in [6.07, 6.45) is 0. The van der Waals surface area contributed by atoms with Crippen molar-refractivity contribution in [3.63, 3.8) is 0 Å². The van der Waals surface area contributed by atoms with E-state index in [2.05, 4.69) is 20.3 Å². The van der Waals surface area contributed by atoms with Gasteiger partial charge in [0.2, 0.25) is 10.0 Å². The molecule has 1 aromatic carbocycles. The highest BCUT2D eigenvalue weighted by molar-refractivity contribution is 14.0. The van der Waals surface area contributed by atoms with Crippen molar-refractivity contribution in [2.75, 3.05) is 27.3 Å². The Kier molecular flexibility index (Phi) is 12.0. The normalized spacial score (nSPS) is 13.0. The SMILES string of the molecule is CCNC(=NCc1cccc(CS(=O)(=O)NC)c1)NC(C)COC.I. The fourth-order valence-corrected chi connectivity index (χ4v) is 2.89. The minimum Gasteiger partial charge on any atom is -0.383 e. The van der Waals surface area contributed by atoms with Gasteiger partial charge in [0.15, 0.2) is 5.96 Å². The Morgan fingerprint density at radius 3 is 2.60 bits per heavy atom. The molecule has 144 valence electrons. The number of halogens is 1. The fraction of sp³-hybridized carbons (Fsp3) is 0.562. The molecule has 1 atom stereocenters. The number of hydrogen-bond donors (Lipinski definition) is 3. The maximum Gasteiger partial charge on any atom is 0.215 e. The molecule has 1 aromatic rings. The van der Waals surface area contributed by atoms with Crippen LogP contribution in [-0.4, -0.2) is 47.7 Å². The van der Waals surface area contributed by atoms with Crippen LogP contribution in [0.15, 0.2) is 29.3 Å². The lowest BCUT2D eigenvalue weighted by Crippen LogP contribution is -2.43. The molecule has 3 N–H and O–H groups in total. The number of guanidine groups is 1. The summed E-state index contributed by atoms with van der Waals surface area (Å²) in [6, 6.07) is 7.58. The lowest BCUT2D eigenvalue weighted by molar-refractivity contribution is 0.179. The third-order valence-electron chi connectivity index (χ3n) is 3.22. The Labute approximate surface area is 168 Å². The van der Waals surface area contributed by atoms with E-state index in [-0.39, 0.29) is 35.8 Å². The van der Waals surface area contributed by atoms with Crippen LogP contribution in [0.3, 0.4) is 0 Å². The van der Waals surface area contributed by atoms with E-state index in [0.717, 1.165) is 17.7 Å². The van der Waals surface area contributed by atoms with Gasteiger partial charge in [-0.1, -0.05) is 24.3 Å². The summed E-state index contributed by atoms with van der Waals surface area (Å²) in [4.78, 5) is 4.54. The van der Waals surface area contributed by atoms with Crippen molar-refractivity contribution in [2.24, 2.45) is 4.99 Å². The lowest BCUT2D eigenvalue weighted by Gasteiger charge is -2.17. The molecule has 0 saturated heterocycles. The summed E-state index contributed by atoms with van der Waals surface area (Å²) in [5, 5.41) is 6.44. The highest BCUT2D eigenvalue weighted by atomic mass is 127. The molecule has 7 nitrogen and oxygen atoms in total. The Morgan fingerprint density at radius 2 is 2.00 bits per heavy atom. The number of rotatable bonds is 9. The zero-order chi connectivity index (χ0) is 18.0. The highest BCUT2D eigenvalue weighted by Gasteiger charge is 2.09. The maximum absolute atomic E-state index is 11.6. The molecular formula is C16H29IN4O3S. The molecule has 1 unspecified atom stereocenters. The van der Waals surface area contributed by atoms with Crippen LogP contribution in [0.2, 0.25) is 0 Å². The van der Waals surface area contributed by atoms with Crippen molar-refractivity contribution >= 4 is 40.0 Å². The molecular weight excluding hydrogens is 455 g/mol. The van der Waals surface area contributed by atoms with E-state index in [1.807, 2.05) is 32.0 Å². The van der Waals surface area contributed by atoms with Gasteiger partial charge in [0.05, 0.1) is 18.9 Å². The van der Waals surface area contributed by atoms with Crippen molar-refractivity contribution in [2.45, 2.75) is 32.2 Å². The second kappa shape index (κ2) is 12.4. The maximum atomic E-state index is 11.6. The number of benzene rings is 1. The van der Waals surface area contributed by atoms with E-state index in [1.54, 1.807) is 13.2 Å². The van der Waals surface area contributed by atoms with Crippen LogP contribution in [0, 0.1) is 0 Å². The summed E-state index contributed by atoms with van der Waals surface area (Å²) in [6.45, 7) is 5.82. The Bertz CT molecular complexity index is 638. The summed E-state index contributed by atoms with van der Waals surface area (Å²) < 4.78 is 30.7. The lowest BCUT2D eigenvalue weighted by atomic mass is 10.1. The number of aliphatic imine (C=N–C) groups is 1. The van der Waals surface area contributed by atoms with E-state index in [1.165, 1.54) is 7.05 Å². The average molecular weight is 484 g/mol. The van der Waals surface area contributed by atoms with Gasteiger partial charge in [-0.05, 0) is 32.0 Å². The summed E-state index contributed by atoms with van der Waals surface area (Å²) in [5.74, 6) is 0.667. The predicted octanol–water partition coefficient (Wildman–Crippen LogP) is 1.44. The molecule has 0 aromatic heterocycles. The van der Waals surface area contributed by atoms with Crippen LogP contribution in [0.1, 0.15) is 25.0 Å². The van der Waals surface area contributed by atoms with E-state index in [0.29, 0.717) is 19.1 Å². The van der Waals surface area contributed by atoms with Gasteiger partial charge in [0.1, 0.15) is 0 Å². The van der Waals surface area contributed by atoms with Gasteiger partial charge in [-0.25, -0.2) is 18.1 Å². The molecule has 9 heteroatoms. The van der Waals surface area contributed by atoms with Crippen LogP contribution in [0.4, 0.5) is 0 Å². The third-order valence-corrected chi connectivity index (χ3v) is 4.56. The Morgan fingerprint density at radius 1 is 1.32 bits per heavy atom. The number of sulfonamides is 1. The molecule has 0 spiro atoms. The van der Waals surface area contributed by atoms with Crippen molar-refractivity contribution in [1.82, 2.24) is 15.4 Å². The molecule has 0 saturated carbocycles. The second-order valence-corrected chi connectivity index (χ2v) is 7.41. The van der Waals surface area contributed by atoms with Gasteiger partial charge in [0.25, 0.3) is 0 Å². The number of methoxy groups -OCH3 is 1. The van der Waals surface area contributed by atoms with Crippen molar-refractivity contribution < 1.29 is 13.2 Å². The summed E-state index contributed by atoms with van der Waals surface area (Å²) in [7, 11) is -0.200. The van der Waals surface area contributed by atoms with Crippen LogP contribution in [0.5, 0.6) is 0 Å². The van der Waals surface area contributed by atoms with Crippen LogP contribution >= 0.6 is 24.0 Å². The molecule has 25 heavy (non-hydrogen) atoms. The monoisotopic (exact) mass is 484 g/mol. The van der Waals surface area contributed by atoms with E-state index in [4.69, 9.17) is 4.74 Å². The number of ether oxygens (including phenoxy) is 1. The van der Waals surface area contributed by atoms with Gasteiger partial charge in [-0.2, -0.15) is 0 Å². The number of hydrogen-bond acceptors (Lipinski definition) is 4. The molecule has 0 aliphatic carbocycles. The molecule has 0 bridgehead atoms. The topological polar surface area (TPSA) is 91.8 Å². The summed E-state index contributed by atoms with van der Waals surface area (Å²) >= 11 is 0. The first-order valence-electron chi connectivity index (χ1n) is 7.93. The molecule has 0 heterocycles. The van der Waals surface area contributed by atoms with Gasteiger partial charge in [-0.3, -0.25) is 0 Å². The Hall–Kier alpha value is -0.910. The zero-order valence-corrected chi connectivity index (χ0v) is 18.4. The first-order valence-corrected chi connectivity index (χ1v) is 9.58. The number of nitrogens with one attached hydrogen (secondary N) is 3. The average Bonchev–Trinajstić information content (AvgIpc) is 2.53. The first-order chi connectivity index (χ1) is 11.4. The fourth-order valence-electron chi connectivity index (χ4n) is 2.12. The van der Waals surface area contributed by atoms with E-state index >= 15 is 0 Å². The van der Waals surface area contributed by atoms with E-state index in [9.17, 15) is 8.42 Å². The van der Waals surface area contributed by atoms with Crippen LogP contribution in [0.25, 0.3) is 0 Å². The minimum atomic E-state index is -3.28. The van der Waals surface area contributed by atoms with Crippen molar-refractivity contribution in [3.8, 4) is 0 Å². The molecule has 0 aliphatic heterocycles.